The highest BCUT2D eigenvalue weighted by Gasteiger charge is 2.32. The lowest BCUT2D eigenvalue weighted by Gasteiger charge is -2.23. The number of H-pyrrole nitrogens is 1. The number of allylic oxidation sites excluding steroid dienone is 2. The van der Waals surface area contributed by atoms with Gasteiger partial charge in [-0.25, -0.2) is 13.8 Å². The van der Waals surface area contributed by atoms with Gasteiger partial charge in [0.15, 0.2) is 6.61 Å². The summed E-state index contributed by atoms with van der Waals surface area (Å²) >= 11 is 9.20. The largest absolute Gasteiger partial charge is 0.483 e. The van der Waals surface area contributed by atoms with E-state index in [2.05, 4.69) is 36.5 Å². The first-order valence-electron chi connectivity index (χ1n) is 9.94. The highest BCUT2D eigenvalue weighted by atomic mass is 79.9. The Morgan fingerprint density at radius 3 is 2.51 bits per heavy atom. The molecular weight excluding hydrogens is 563 g/mol. The number of alkyl halides is 4. The van der Waals surface area contributed by atoms with Crippen LogP contribution < -0.4 is 15.4 Å². The van der Waals surface area contributed by atoms with Crippen molar-refractivity contribution in [1.82, 2.24) is 9.97 Å². The van der Waals surface area contributed by atoms with E-state index in [-0.39, 0.29) is 28.3 Å². The first kappa shape index (κ1) is 25.0. The molecule has 1 amide bonds. The molecule has 1 heterocycles. The number of amides is 1. The van der Waals surface area contributed by atoms with Crippen LogP contribution in [0, 0.1) is 0 Å². The maximum absolute atomic E-state index is 14.2. The summed E-state index contributed by atoms with van der Waals surface area (Å²) in [5, 5.41) is 3.86. The number of aromatic amines is 1. The van der Waals surface area contributed by atoms with E-state index >= 15 is 0 Å². The highest BCUT2D eigenvalue weighted by molar-refractivity contribution is 9.10. The van der Waals surface area contributed by atoms with Gasteiger partial charge in [0, 0.05) is 16.2 Å². The molecule has 3 N–H and O–H groups in total. The predicted octanol–water partition coefficient (Wildman–Crippen LogP) is 6.63. The third kappa shape index (κ3) is 5.93. The second-order valence-corrected chi connectivity index (χ2v) is 8.83. The number of carbonyl (C=O) groups excluding carboxylic acids is 1. The Bertz CT molecular complexity index is 1320. The maximum atomic E-state index is 14.2. The first-order chi connectivity index (χ1) is 16.5. The van der Waals surface area contributed by atoms with Crippen LogP contribution in [0.2, 0.25) is 0 Å². The number of fused-ring (bicyclic) bond motifs is 1. The van der Waals surface area contributed by atoms with Gasteiger partial charge in [-0.3, -0.25) is 4.79 Å². The predicted molar refractivity (Wildman–Crippen MR) is 125 cm³/mol. The zero-order chi connectivity index (χ0) is 25.3. The molecule has 13 heteroatoms. The number of imidazole rings is 1. The lowest BCUT2D eigenvalue weighted by atomic mass is 10.1. The highest BCUT2D eigenvalue weighted by Crippen LogP contribution is 2.31. The Labute approximate surface area is 208 Å². The number of anilines is 2. The molecule has 0 saturated heterocycles. The van der Waals surface area contributed by atoms with Gasteiger partial charge in [0.05, 0.1) is 16.6 Å². The molecule has 0 fully saturated rings. The van der Waals surface area contributed by atoms with E-state index in [9.17, 15) is 26.7 Å². The summed E-state index contributed by atoms with van der Waals surface area (Å²) in [6.45, 7) is -1.63. The number of hydrogen-bond acceptors (Lipinski definition) is 4. The standard InChI is InChI=1S/C22H15BrClF5N4O2/c23-10-1-3-11(4-2-10)30-20(34)12-7-15-16(8-17(12)35-9-22(27,28)29)32-21(31-15)33-19-14(26)6-5-13(25)18(19)24/h1-8,18-19H,9H2,(H,30,34)(H2,31,32,33). The van der Waals surface area contributed by atoms with E-state index in [1.807, 2.05) is 0 Å². The number of aromatic nitrogens is 2. The molecule has 3 aromatic rings. The van der Waals surface area contributed by atoms with Gasteiger partial charge in [0.2, 0.25) is 5.95 Å². The molecule has 1 aliphatic carbocycles. The molecule has 0 saturated carbocycles. The van der Waals surface area contributed by atoms with Crippen LogP contribution >= 0.6 is 27.5 Å². The fraction of sp³-hybridized carbons (Fsp3) is 0.182. The summed E-state index contributed by atoms with van der Waals surface area (Å²) in [5.41, 5.74) is 0.546. The second-order valence-electron chi connectivity index (χ2n) is 7.44. The summed E-state index contributed by atoms with van der Waals surface area (Å²) in [6, 6.07) is 7.66. The minimum Gasteiger partial charge on any atom is -0.483 e. The lowest BCUT2D eigenvalue weighted by Crippen LogP contribution is -2.33. The van der Waals surface area contributed by atoms with Crippen LogP contribution in [-0.2, 0) is 0 Å². The number of benzene rings is 2. The zero-order valence-corrected chi connectivity index (χ0v) is 19.7. The maximum Gasteiger partial charge on any atom is 0.422 e. The molecule has 2 atom stereocenters. The van der Waals surface area contributed by atoms with Gasteiger partial charge in [0.25, 0.3) is 5.91 Å². The molecule has 6 nitrogen and oxygen atoms in total. The summed E-state index contributed by atoms with van der Waals surface area (Å²) in [7, 11) is 0. The van der Waals surface area contributed by atoms with Crippen LogP contribution in [0.4, 0.5) is 33.6 Å². The number of carbonyl (C=O) groups is 1. The first-order valence-corrected chi connectivity index (χ1v) is 11.2. The minimum atomic E-state index is -4.65. The number of ether oxygens (including phenoxy) is 1. The molecule has 184 valence electrons. The molecule has 35 heavy (non-hydrogen) atoms. The third-order valence-corrected chi connectivity index (χ3v) is 5.86. The SMILES string of the molecule is O=C(Nc1ccc(Br)cc1)c1cc2[nH]c(NC3C(F)=CC=C(F)C3Cl)nc2cc1OCC(F)(F)F. The van der Waals surface area contributed by atoms with Crippen molar-refractivity contribution < 1.29 is 31.5 Å². The number of rotatable bonds is 6. The molecular formula is C22H15BrClF5N4O2. The number of nitrogens with zero attached hydrogens (tertiary/aromatic N) is 1. The average Bonchev–Trinajstić information content (AvgIpc) is 3.19. The van der Waals surface area contributed by atoms with Gasteiger partial charge in [-0.1, -0.05) is 15.9 Å². The van der Waals surface area contributed by atoms with E-state index in [1.165, 1.54) is 6.07 Å². The molecule has 1 aromatic heterocycles. The number of hydrogen-bond donors (Lipinski definition) is 3. The summed E-state index contributed by atoms with van der Waals surface area (Å²) in [4.78, 5) is 19.8. The molecule has 0 radical (unpaired) electrons. The Morgan fingerprint density at radius 2 is 1.83 bits per heavy atom. The topological polar surface area (TPSA) is 79.0 Å². The van der Waals surface area contributed by atoms with E-state index in [4.69, 9.17) is 16.3 Å². The van der Waals surface area contributed by atoms with E-state index in [0.29, 0.717) is 5.69 Å². The monoisotopic (exact) mass is 576 g/mol. The van der Waals surface area contributed by atoms with Crippen LogP contribution in [-0.4, -0.2) is 40.1 Å². The van der Waals surface area contributed by atoms with Crippen LogP contribution in [0.1, 0.15) is 10.4 Å². The van der Waals surface area contributed by atoms with Gasteiger partial charge in [-0.15, -0.1) is 11.6 Å². The van der Waals surface area contributed by atoms with Gasteiger partial charge in [-0.2, -0.15) is 13.2 Å². The fourth-order valence-electron chi connectivity index (χ4n) is 3.24. The van der Waals surface area contributed by atoms with Crippen molar-refractivity contribution in [2.45, 2.75) is 17.6 Å². The van der Waals surface area contributed by atoms with Gasteiger partial charge in [0.1, 0.15) is 28.8 Å². The fourth-order valence-corrected chi connectivity index (χ4v) is 3.76. The van der Waals surface area contributed by atoms with Crippen molar-refractivity contribution >= 4 is 56.1 Å². The van der Waals surface area contributed by atoms with Gasteiger partial charge < -0.3 is 20.4 Å². The zero-order valence-electron chi connectivity index (χ0n) is 17.4. The van der Waals surface area contributed by atoms with Crippen LogP contribution in [0.5, 0.6) is 5.75 Å². The van der Waals surface area contributed by atoms with Crippen molar-refractivity contribution in [2.75, 3.05) is 17.2 Å². The summed E-state index contributed by atoms with van der Waals surface area (Å²) in [5.74, 6) is -2.63. The van der Waals surface area contributed by atoms with E-state index in [0.717, 1.165) is 22.7 Å². The second kappa shape index (κ2) is 9.86. The molecule has 1 aliphatic rings. The van der Waals surface area contributed by atoms with Gasteiger partial charge >= 0.3 is 6.18 Å². The molecule has 0 spiro atoms. The molecule has 4 rings (SSSR count). The Hall–Kier alpha value is -3.12. The Morgan fingerprint density at radius 1 is 1.14 bits per heavy atom. The van der Waals surface area contributed by atoms with Crippen molar-refractivity contribution in [3.8, 4) is 5.75 Å². The van der Waals surface area contributed by atoms with Gasteiger partial charge in [-0.05, 0) is 42.5 Å². The summed E-state index contributed by atoms with van der Waals surface area (Å²) in [6.07, 6.45) is -2.82. The minimum absolute atomic E-state index is 0.0406. The normalized spacial score (nSPS) is 18.1. The van der Waals surface area contributed by atoms with E-state index in [1.54, 1.807) is 24.3 Å². The van der Waals surface area contributed by atoms with Crippen molar-refractivity contribution in [2.24, 2.45) is 0 Å². The Balaban J connectivity index is 1.66. The van der Waals surface area contributed by atoms with E-state index < -0.39 is 41.8 Å². The van der Waals surface area contributed by atoms with Crippen LogP contribution in [0.15, 0.2) is 64.7 Å². The molecule has 2 unspecified atom stereocenters. The third-order valence-electron chi connectivity index (χ3n) is 4.87. The van der Waals surface area contributed by atoms with Crippen LogP contribution in [0.25, 0.3) is 11.0 Å². The Kier molecular flexibility index (Phi) is 7.04. The smallest absolute Gasteiger partial charge is 0.422 e. The van der Waals surface area contributed by atoms with Crippen molar-refractivity contribution in [3.05, 3.63) is 70.2 Å². The van der Waals surface area contributed by atoms with Crippen LogP contribution in [0.3, 0.4) is 0 Å². The summed E-state index contributed by atoms with van der Waals surface area (Å²) < 4.78 is 72.0. The molecule has 2 aromatic carbocycles. The quantitative estimate of drug-likeness (QED) is 0.227. The number of halogens is 7. The van der Waals surface area contributed by atoms with Crippen molar-refractivity contribution in [1.29, 1.82) is 0 Å². The number of nitrogens with one attached hydrogen (secondary N) is 3. The average molecular weight is 578 g/mol. The van der Waals surface area contributed by atoms with Crippen molar-refractivity contribution in [3.63, 3.8) is 0 Å². The molecule has 0 aliphatic heterocycles. The molecule has 0 bridgehead atoms. The lowest BCUT2D eigenvalue weighted by molar-refractivity contribution is -0.153.